The molecule has 0 saturated heterocycles. The van der Waals surface area contributed by atoms with Gasteiger partial charge in [-0.3, -0.25) is 0 Å². The fourth-order valence-corrected chi connectivity index (χ4v) is 14.7. The summed E-state index contributed by atoms with van der Waals surface area (Å²) in [4.78, 5) is 0. The molecule has 0 N–H and O–H groups in total. The molecule has 0 bridgehead atoms. The second-order valence-electron chi connectivity index (χ2n) is 23.5. The third kappa shape index (κ3) is 8.32. The maximum absolute atomic E-state index is 2.49. The highest BCUT2D eigenvalue weighted by Crippen LogP contribution is 2.58. The van der Waals surface area contributed by atoms with Crippen LogP contribution in [0.3, 0.4) is 0 Å². The Morgan fingerprint density at radius 2 is 0.655 bits per heavy atom. The molecular formula is C85H58N2. The van der Waals surface area contributed by atoms with E-state index < -0.39 is 0 Å². The highest BCUT2D eigenvalue weighted by atomic mass is 15.0. The smallest absolute Gasteiger partial charge is 0.0541 e. The van der Waals surface area contributed by atoms with Crippen molar-refractivity contribution in [3.05, 3.63) is 350 Å². The minimum absolute atomic E-state index is 0.282. The SMILES string of the molecule is C1=CCC(C2(c3ccccc3)c3ccccc3-c3ccc(-c4ccc(-n5c6ccccc6c6cc(-c7ccc8c(c7)c7ccccc7n8-c7ccc(-c8ccc(-c9cccc(-c%10cccc(-c%11ccccc%11)c%10)c9)cc8)cc7)ccc65)cc4)cc32)C=C1. The van der Waals surface area contributed by atoms with Crippen LogP contribution in [0.25, 0.3) is 133 Å². The van der Waals surface area contributed by atoms with E-state index in [9.17, 15) is 0 Å². The van der Waals surface area contributed by atoms with Crippen molar-refractivity contribution in [1.82, 2.24) is 9.13 Å². The van der Waals surface area contributed by atoms with Crippen molar-refractivity contribution in [2.45, 2.75) is 11.8 Å². The number of nitrogens with zero attached hydrogens (tertiary/aromatic N) is 2. The van der Waals surface area contributed by atoms with E-state index in [0.29, 0.717) is 0 Å². The van der Waals surface area contributed by atoms with Gasteiger partial charge in [0.05, 0.1) is 27.5 Å². The lowest BCUT2D eigenvalue weighted by Gasteiger charge is -2.39. The van der Waals surface area contributed by atoms with E-state index in [4.69, 9.17) is 0 Å². The van der Waals surface area contributed by atoms with Gasteiger partial charge >= 0.3 is 0 Å². The van der Waals surface area contributed by atoms with Gasteiger partial charge in [-0.25, -0.2) is 0 Å². The number of allylic oxidation sites excluding steroid dienone is 4. The highest BCUT2D eigenvalue weighted by Gasteiger charge is 2.49. The Bertz CT molecular complexity index is 5210. The monoisotopic (exact) mass is 1110 g/mol. The first-order valence-corrected chi connectivity index (χ1v) is 30.4. The van der Waals surface area contributed by atoms with Crippen LogP contribution in [0.2, 0.25) is 0 Å². The van der Waals surface area contributed by atoms with Crippen molar-refractivity contribution in [1.29, 1.82) is 0 Å². The zero-order valence-electron chi connectivity index (χ0n) is 47.9. The van der Waals surface area contributed by atoms with Crippen LogP contribution in [0, 0.1) is 5.92 Å². The number of hydrogen-bond donors (Lipinski definition) is 0. The molecular weight excluding hydrogens is 1050 g/mol. The highest BCUT2D eigenvalue weighted by molar-refractivity contribution is 6.13. The first-order chi connectivity index (χ1) is 43.1. The summed E-state index contributed by atoms with van der Waals surface area (Å²) < 4.78 is 4.85. The van der Waals surface area contributed by atoms with Gasteiger partial charge in [0.1, 0.15) is 0 Å². The molecule has 2 heteroatoms. The fraction of sp³-hybridized carbons (Fsp3) is 0.0353. The second-order valence-corrected chi connectivity index (χ2v) is 23.5. The van der Waals surface area contributed by atoms with E-state index in [1.807, 2.05) is 0 Å². The maximum Gasteiger partial charge on any atom is 0.0541 e. The quantitative estimate of drug-likeness (QED) is 0.129. The molecule has 2 aliphatic carbocycles. The summed E-state index contributed by atoms with van der Waals surface area (Å²) in [7, 11) is 0. The molecule has 0 amide bonds. The Labute approximate surface area is 507 Å². The summed E-state index contributed by atoms with van der Waals surface area (Å²) in [6.45, 7) is 0. The lowest BCUT2D eigenvalue weighted by Crippen LogP contribution is -2.35. The molecule has 0 aliphatic heterocycles. The van der Waals surface area contributed by atoms with Crippen molar-refractivity contribution in [3.8, 4) is 89.3 Å². The minimum Gasteiger partial charge on any atom is -0.309 e. The Morgan fingerprint density at radius 3 is 1.21 bits per heavy atom. The van der Waals surface area contributed by atoms with Gasteiger partial charge in [0.25, 0.3) is 0 Å². The molecule has 0 saturated carbocycles. The summed E-state index contributed by atoms with van der Waals surface area (Å²) in [5.41, 5.74) is 28.0. The molecule has 2 nitrogen and oxygen atoms in total. The predicted octanol–water partition coefficient (Wildman–Crippen LogP) is 22.3. The van der Waals surface area contributed by atoms with Gasteiger partial charge in [0, 0.05) is 32.9 Å². The lowest BCUT2D eigenvalue weighted by molar-refractivity contribution is 0.457. The van der Waals surface area contributed by atoms with Crippen molar-refractivity contribution in [3.63, 3.8) is 0 Å². The van der Waals surface area contributed by atoms with Crippen LogP contribution < -0.4 is 0 Å². The van der Waals surface area contributed by atoms with E-state index in [0.717, 1.165) is 17.8 Å². The van der Waals surface area contributed by atoms with E-state index in [1.54, 1.807) is 0 Å². The van der Waals surface area contributed by atoms with E-state index in [1.165, 1.54) is 138 Å². The topological polar surface area (TPSA) is 9.86 Å². The molecule has 2 heterocycles. The molecule has 2 unspecified atom stereocenters. The fourth-order valence-electron chi connectivity index (χ4n) is 14.7. The average molecular weight is 1110 g/mol. The van der Waals surface area contributed by atoms with Crippen LogP contribution in [-0.4, -0.2) is 9.13 Å². The third-order valence-corrected chi connectivity index (χ3v) is 18.8. The van der Waals surface area contributed by atoms with Crippen LogP contribution in [0.15, 0.2) is 334 Å². The molecule has 0 spiro atoms. The summed E-state index contributed by atoms with van der Waals surface area (Å²) in [6.07, 6.45) is 10.2. The van der Waals surface area contributed by atoms with Crippen molar-refractivity contribution in [2.75, 3.05) is 0 Å². The molecule has 2 atom stereocenters. The standard InChI is InChI=1S/C85H58N2/c1-4-18-57(19-5-1)62-20-16-22-64(52-62)65-23-17-21-63(53-65)60-36-34-58(35-37-60)59-38-45-71(46-39-59)86-81-32-14-11-29-75(81)77-54-66(43-50-83(77)86)67-44-51-84-78(55-67)76-30-12-15-33-82(76)87(84)72-47-40-61(41-48-72)68-42-49-74-73-28-10-13-31-79(73)85(80(74)56-68,69-24-6-2-7-25-69)70-26-8-3-9-27-70/h1-26,28-56,70H,27H2. The normalized spacial score (nSPS) is 15.1. The van der Waals surface area contributed by atoms with Crippen molar-refractivity contribution >= 4 is 43.6 Å². The van der Waals surface area contributed by atoms with Crippen LogP contribution in [0.5, 0.6) is 0 Å². The second kappa shape index (κ2) is 20.6. The molecule has 15 aromatic rings. The van der Waals surface area contributed by atoms with E-state index >= 15 is 0 Å². The minimum atomic E-state index is -0.310. The lowest BCUT2D eigenvalue weighted by atomic mass is 9.62. The van der Waals surface area contributed by atoms with E-state index in [2.05, 4.69) is 343 Å². The number of rotatable bonds is 10. The maximum atomic E-state index is 2.49. The van der Waals surface area contributed by atoms with Gasteiger partial charge in [-0.15, -0.1) is 0 Å². The number of fused-ring (bicyclic) bond motifs is 9. The van der Waals surface area contributed by atoms with Crippen LogP contribution >= 0.6 is 0 Å². The van der Waals surface area contributed by atoms with Crippen LogP contribution in [0.1, 0.15) is 23.1 Å². The summed E-state index contributed by atoms with van der Waals surface area (Å²) in [5.74, 6) is 0.282. The Hall–Kier alpha value is -11.1. The first kappa shape index (κ1) is 50.5. The number of benzene rings is 13. The van der Waals surface area contributed by atoms with Crippen LogP contribution in [0.4, 0.5) is 0 Å². The molecule has 0 radical (unpaired) electrons. The molecule has 87 heavy (non-hydrogen) atoms. The number of hydrogen-bond acceptors (Lipinski definition) is 0. The molecule has 2 aliphatic rings. The van der Waals surface area contributed by atoms with Gasteiger partial charge in [-0.2, -0.15) is 0 Å². The van der Waals surface area contributed by atoms with E-state index in [-0.39, 0.29) is 11.3 Å². The molecule has 2 aromatic heterocycles. The average Bonchev–Trinajstić information content (AvgIpc) is 1.78. The van der Waals surface area contributed by atoms with Gasteiger partial charge in [-0.1, -0.05) is 255 Å². The zero-order chi connectivity index (χ0) is 57.4. The van der Waals surface area contributed by atoms with Gasteiger partial charge in [0.15, 0.2) is 0 Å². The molecule has 0 fully saturated rings. The Kier molecular flexibility index (Phi) is 12.0. The van der Waals surface area contributed by atoms with Crippen LogP contribution in [-0.2, 0) is 5.41 Å². The van der Waals surface area contributed by atoms with Gasteiger partial charge in [-0.05, 0) is 186 Å². The first-order valence-electron chi connectivity index (χ1n) is 30.4. The number of para-hydroxylation sites is 2. The van der Waals surface area contributed by atoms with Gasteiger partial charge in [0.2, 0.25) is 0 Å². The molecule has 13 aromatic carbocycles. The molecule has 408 valence electrons. The summed E-state index contributed by atoms with van der Waals surface area (Å²) in [5, 5.41) is 4.95. The largest absolute Gasteiger partial charge is 0.309 e. The summed E-state index contributed by atoms with van der Waals surface area (Å²) in [6, 6.07) is 115. The molecule has 17 rings (SSSR count). The predicted molar refractivity (Wildman–Crippen MR) is 366 cm³/mol. The van der Waals surface area contributed by atoms with Crippen molar-refractivity contribution < 1.29 is 0 Å². The van der Waals surface area contributed by atoms with Gasteiger partial charge < -0.3 is 9.13 Å². The Balaban J connectivity index is 0.666. The summed E-state index contributed by atoms with van der Waals surface area (Å²) >= 11 is 0. The zero-order valence-corrected chi connectivity index (χ0v) is 47.9. The Morgan fingerprint density at radius 1 is 0.264 bits per heavy atom. The van der Waals surface area contributed by atoms with Crippen molar-refractivity contribution in [2.24, 2.45) is 5.92 Å². The third-order valence-electron chi connectivity index (χ3n) is 18.8. The number of aromatic nitrogens is 2.